The summed E-state index contributed by atoms with van der Waals surface area (Å²) < 4.78 is 0. The predicted molar refractivity (Wildman–Crippen MR) is 121 cm³/mol. The maximum atomic E-state index is 13.1. The van der Waals surface area contributed by atoms with Gasteiger partial charge in [0.1, 0.15) is 18.1 Å². The van der Waals surface area contributed by atoms with Crippen molar-refractivity contribution in [3.05, 3.63) is 18.2 Å². The van der Waals surface area contributed by atoms with E-state index in [4.69, 9.17) is 11.5 Å². The molecule has 13 nitrogen and oxygen atoms in total. The fourth-order valence-electron chi connectivity index (χ4n) is 3.89. The highest BCUT2D eigenvalue weighted by atomic mass is 16.4. The van der Waals surface area contributed by atoms with Gasteiger partial charge in [0.2, 0.25) is 17.7 Å². The Bertz CT molecular complexity index is 832. The number of carboxylic acid groups (broad SMARTS) is 1. The molecule has 0 saturated carbocycles. The molecule has 1 aliphatic heterocycles. The second kappa shape index (κ2) is 13.0. The van der Waals surface area contributed by atoms with Gasteiger partial charge in [0, 0.05) is 24.9 Å². The monoisotopic (exact) mass is 481 g/mol. The van der Waals surface area contributed by atoms with Crippen LogP contribution in [0.15, 0.2) is 12.5 Å². The van der Waals surface area contributed by atoms with Crippen molar-refractivity contribution < 1.29 is 29.4 Å². The molecule has 3 amide bonds. The van der Waals surface area contributed by atoms with E-state index < -0.39 is 54.0 Å². The van der Waals surface area contributed by atoms with Gasteiger partial charge in [-0.3, -0.25) is 14.4 Å². The number of nitrogens with one attached hydrogen (secondary N) is 3. The number of rotatable bonds is 13. The number of nitrogens with zero attached hydrogens (tertiary/aromatic N) is 2. The van der Waals surface area contributed by atoms with Crippen molar-refractivity contribution in [3.63, 3.8) is 0 Å². The Kier molecular flexibility index (Phi) is 10.4. The minimum Gasteiger partial charge on any atom is -0.480 e. The molecule has 5 unspecified atom stereocenters. The largest absolute Gasteiger partial charge is 0.480 e. The number of amides is 3. The highest BCUT2D eigenvalue weighted by molar-refractivity contribution is 5.94. The number of aliphatic hydroxyl groups is 1. The number of nitrogens with two attached hydrogens (primary N) is 2. The van der Waals surface area contributed by atoms with Crippen molar-refractivity contribution >= 4 is 23.7 Å². The fraction of sp³-hybridized carbons (Fsp3) is 0.667. The SMILES string of the molecule is CC(O)C(NC(=O)C(N)Cc1cnc[nH]1)C(=O)NC(CCCCN)C(=O)N1CCCC1C(=O)O. The van der Waals surface area contributed by atoms with E-state index in [1.165, 1.54) is 24.3 Å². The van der Waals surface area contributed by atoms with Gasteiger partial charge >= 0.3 is 5.97 Å². The molecular weight excluding hydrogens is 446 g/mol. The molecule has 1 aromatic heterocycles. The van der Waals surface area contributed by atoms with Crippen molar-refractivity contribution in [2.75, 3.05) is 13.1 Å². The van der Waals surface area contributed by atoms with Gasteiger partial charge in [0.05, 0.1) is 18.5 Å². The number of likely N-dealkylation sites (tertiary alicyclic amines) is 1. The lowest BCUT2D eigenvalue weighted by Crippen LogP contribution is -2.60. The Morgan fingerprint density at radius 3 is 2.59 bits per heavy atom. The first-order valence-corrected chi connectivity index (χ1v) is 11.4. The molecule has 2 rings (SSSR count). The molecule has 5 atom stereocenters. The smallest absolute Gasteiger partial charge is 0.326 e. The highest BCUT2D eigenvalue weighted by Gasteiger charge is 2.38. The molecule has 0 aromatic carbocycles. The van der Waals surface area contributed by atoms with Crippen LogP contribution in [-0.2, 0) is 25.6 Å². The fourth-order valence-corrected chi connectivity index (χ4v) is 3.89. The average Bonchev–Trinajstić information content (AvgIpc) is 3.48. The molecule has 13 heteroatoms. The van der Waals surface area contributed by atoms with Crippen LogP contribution in [0.25, 0.3) is 0 Å². The maximum absolute atomic E-state index is 13.1. The Morgan fingerprint density at radius 2 is 2.00 bits per heavy atom. The number of hydrogen-bond acceptors (Lipinski definition) is 8. The van der Waals surface area contributed by atoms with E-state index in [1.54, 1.807) is 0 Å². The zero-order chi connectivity index (χ0) is 25.3. The van der Waals surface area contributed by atoms with Gasteiger partial charge in [-0.2, -0.15) is 0 Å². The van der Waals surface area contributed by atoms with E-state index in [-0.39, 0.29) is 19.4 Å². The number of carboxylic acids is 1. The van der Waals surface area contributed by atoms with E-state index >= 15 is 0 Å². The molecular formula is C21H35N7O6. The molecule has 34 heavy (non-hydrogen) atoms. The van der Waals surface area contributed by atoms with Crippen molar-refractivity contribution in [1.82, 2.24) is 25.5 Å². The van der Waals surface area contributed by atoms with E-state index in [0.717, 1.165) is 0 Å². The van der Waals surface area contributed by atoms with Gasteiger partial charge < -0.3 is 42.2 Å². The molecule has 1 aliphatic rings. The third-order valence-electron chi connectivity index (χ3n) is 5.78. The Labute approximate surface area is 197 Å². The number of carbonyl (C=O) groups excluding carboxylic acids is 3. The van der Waals surface area contributed by atoms with E-state index in [1.807, 2.05) is 0 Å². The van der Waals surface area contributed by atoms with Crippen molar-refractivity contribution in [3.8, 4) is 0 Å². The van der Waals surface area contributed by atoms with Gasteiger partial charge in [-0.1, -0.05) is 0 Å². The number of hydrogen-bond donors (Lipinski definition) is 7. The third kappa shape index (κ3) is 7.50. The van der Waals surface area contributed by atoms with Crippen LogP contribution in [0.2, 0.25) is 0 Å². The molecule has 0 spiro atoms. The summed E-state index contributed by atoms with van der Waals surface area (Å²) in [5.74, 6) is -3.04. The van der Waals surface area contributed by atoms with Gasteiger partial charge in [-0.25, -0.2) is 9.78 Å². The quantitative estimate of drug-likeness (QED) is 0.152. The summed E-state index contributed by atoms with van der Waals surface area (Å²) in [6.45, 7) is 2.01. The molecule has 0 radical (unpaired) electrons. The van der Waals surface area contributed by atoms with E-state index in [9.17, 15) is 29.4 Å². The average molecular weight is 482 g/mol. The number of aromatic nitrogens is 2. The van der Waals surface area contributed by atoms with Crippen LogP contribution in [0, 0.1) is 0 Å². The number of carbonyl (C=O) groups is 4. The molecule has 1 saturated heterocycles. The molecule has 1 fully saturated rings. The van der Waals surface area contributed by atoms with Gasteiger partial charge in [-0.05, 0) is 45.6 Å². The topological polar surface area (TPSA) is 217 Å². The van der Waals surface area contributed by atoms with Crippen molar-refractivity contribution in [1.29, 1.82) is 0 Å². The van der Waals surface area contributed by atoms with Crippen LogP contribution >= 0.6 is 0 Å². The second-order valence-corrected chi connectivity index (χ2v) is 8.49. The summed E-state index contributed by atoms with van der Waals surface area (Å²) >= 11 is 0. The lowest BCUT2D eigenvalue weighted by molar-refractivity contribution is -0.149. The van der Waals surface area contributed by atoms with E-state index in [2.05, 4.69) is 20.6 Å². The van der Waals surface area contributed by atoms with Crippen LogP contribution < -0.4 is 22.1 Å². The number of aliphatic carboxylic acids is 1. The number of aromatic amines is 1. The molecule has 2 heterocycles. The minimum atomic E-state index is -1.36. The third-order valence-corrected chi connectivity index (χ3v) is 5.78. The number of unbranched alkanes of at least 4 members (excludes halogenated alkanes) is 1. The van der Waals surface area contributed by atoms with Crippen LogP contribution in [-0.4, -0.2) is 92.1 Å². The first-order valence-electron chi connectivity index (χ1n) is 11.4. The van der Waals surface area contributed by atoms with Crippen molar-refractivity contribution in [2.45, 2.75) is 75.7 Å². The summed E-state index contributed by atoms with van der Waals surface area (Å²) in [6.07, 6.45) is 4.10. The Balaban J connectivity index is 2.09. The summed E-state index contributed by atoms with van der Waals surface area (Å²) in [4.78, 5) is 58.1. The van der Waals surface area contributed by atoms with Crippen LogP contribution in [0.3, 0.4) is 0 Å². The zero-order valence-electron chi connectivity index (χ0n) is 19.3. The van der Waals surface area contributed by atoms with Crippen LogP contribution in [0.1, 0.15) is 44.7 Å². The lowest BCUT2D eigenvalue weighted by Gasteiger charge is -2.29. The number of imidazole rings is 1. The summed E-state index contributed by atoms with van der Waals surface area (Å²) in [6, 6.07) is -4.33. The second-order valence-electron chi connectivity index (χ2n) is 8.49. The van der Waals surface area contributed by atoms with E-state index in [0.29, 0.717) is 37.9 Å². The highest BCUT2D eigenvalue weighted by Crippen LogP contribution is 2.20. The maximum Gasteiger partial charge on any atom is 0.326 e. The lowest BCUT2D eigenvalue weighted by atomic mass is 10.0. The molecule has 9 N–H and O–H groups in total. The zero-order valence-corrected chi connectivity index (χ0v) is 19.3. The summed E-state index contributed by atoms with van der Waals surface area (Å²) in [7, 11) is 0. The minimum absolute atomic E-state index is 0.145. The normalized spacial score (nSPS) is 19.2. The molecule has 0 bridgehead atoms. The Morgan fingerprint density at radius 1 is 1.26 bits per heavy atom. The van der Waals surface area contributed by atoms with Gasteiger partial charge in [-0.15, -0.1) is 0 Å². The molecule has 190 valence electrons. The standard InChI is InChI=1S/C21H35N7O6/c1-12(29)17(27-18(30)14(23)9-13-10-24-11-25-13)19(31)26-15(5-2-3-7-22)20(32)28-8-4-6-16(28)21(33)34/h10-12,14-17,29H,2-9,22-23H2,1H3,(H,24,25)(H,26,31)(H,27,30)(H,33,34). The molecule has 1 aromatic rings. The van der Waals surface area contributed by atoms with Gasteiger partial charge in [0.15, 0.2) is 0 Å². The first-order chi connectivity index (χ1) is 16.1. The Hall–Kier alpha value is -3.03. The van der Waals surface area contributed by atoms with Crippen LogP contribution in [0.5, 0.6) is 0 Å². The summed E-state index contributed by atoms with van der Waals surface area (Å²) in [5.41, 5.74) is 12.1. The number of H-pyrrole nitrogens is 1. The summed E-state index contributed by atoms with van der Waals surface area (Å²) in [5, 5.41) is 24.6. The van der Waals surface area contributed by atoms with Crippen LogP contribution in [0.4, 0.5) is 0 Å². The molecule has 0 aliphatic carbocycles. The predicted octanol–water partition coefficient (Wildman–Crippen LogP) is -2.17. The van der Waals surface area contributed by atoms with Gasteiger partial charge in [0.25, 0.3) is 0 Å². The van der Waals surface area contributed by atoms with Crippen molar-refractivity contribution in [2.24, 2.45) is 11.5 Å². The first kappa shape index (κ1) is 27.2. The number of aliphatic hydroxyl groups excluding tert-OH is 1.